The highest BCUT2D eigenvalue weighted by molar-refractivity contribution is 7.89. The molecule has 0 saturated heterocycles. The first-order valence-corrected chi connectivity index (χ1v) is 13.4. The van der Waals surface area contributed by atoms with Crippen LogP contribution in [0.15, 0.2) is 84.0 Å². The average Bonchev–Trinajstić information content (AvgIpc) is 2.82. The third-order valence-corrected chi connectivity index (χ3v) is 7.70. The molecule has 2 N–H and O–H groups in total. The molecule has 4 rings (SSSR count). The van der Waals surface area contributed by atoms with Gasteiger partial charge in [-0.15, -0.1) is 0 Å². The summed E-state index contributed by atoms with van der Waals surface area (Å²) in [4.78, 5) is 17.2. The second-order valence-electron chi connectivity index (χ2n) is 9.06. The Bertz CT molecular complexity index is 1200. The van der Waals surface area contributed by atoms with Gasteiger partial charge in [0.2, 0.25) is 15.9 Å². The number of nitrogens with zero attached hydrogens (tertiary/aromatic N) is 1. The number of rotatable bonds is 11. The van der Waals surface area contributed by atoms with Crippen LogP contribution in [-0.2, 0) is 21.2 Å². The Labute approximate surface area is 207 Å². The van der Waals surface area contributed by atoms with Crippen LogP contribution < -0.4 is 14.8 Å². The van der Waals surface area contributed by atoms with E-state index in [1.54, 1.807) is 36.7 Å². The van der Waals surface area contributed by atoms with E-state index in [1.807, 2.05) is 37.3 Å². The molecule has 184 valence electrons. The number of pyridine rings is 1. The first-order chi connectivity index (χ1) is 16.9. The number of amides is 1. The van der Waals surface area contributed by atoms with Crippen LogP contribution in [-0.4, -0.2) is 31.4 Å². The standard InChI is InChI=1S/C27H31N3O4S/c1-20(18-21-8-5-9-21)29-27(31)26(19-22-6-3-2-4-7-22)30-35(32,33)25-12-10-23(11-13-25)34-24-14-16-28-17-15-24/h2-4,6-7,10-17,20-21,26,30H,5,8-9,18-19H2,1H3,(H,29,31)/t20-,26+/m1/s1. The maximum atomic E-state index is 13.2. The Morgan fingerprint density at radius 1 is 1.00 bits per heavy atom. The van der Waals surface area contributed by atoms with Gasteiger partial charge in [-0.2, -0.15) is 4.72 Å². The van der Waals surface area contributed by atoms with Gasteiger partial charge in [0.1, 0.15) is 17.5 Å². The molecule has 1 fully saturated rings. The maximum absolute atomic E-state index is 13.2. The van der Waals surface area contributed by atoms with Gasteiger partial charge in [-0.05, 0) is 67.6 Å². The Kier molecular flexibility index (Phi) is 8.15. The van der Waals surface area contributed by atoms with Gasteiger partial charge >= 0.3 is 0 Å². The van der Waals surface area contributed by atoms with Crippen molar-refractivity contribution in [2.75, 3.05) is 0 Å². The molecule has 0 spiro atoms. The van der Waals surface area contributed by atoms with E-state index >= 15 is 0 Å². The van der Waals surface area contributed by atoms with E-state index in [1.165, 1.54) is 31.4 Å². The van der Waals surface area contributed by atoms with E-state index in [9.17, 15) is 13.2 Å². The lowest BCUT2D eigenvalue weighted by Gasteiger charge is -2.29. The molecule has 8 heteroatoms. The molecule has 0 bridgehead atoms. The van der Waals surface area contributed by atoms with Crippen LogP contribution >= 0.6 is 0 Å². The third-order valence-electron chi connectivity index (χ3n) is 6.22. The maximum Gasteiger partial charge on any atom is 0.241 e. The van der Waals surface area contributed by atoms with Crippen molar-refractivity contribution in [3.8, 4) is 11.5 Å². The average molecular weight is 494 g/mol. The minimum absolute atomic E-state index is 0.0137. The fourth-order valence-electron chi connectivity index (χ4n) is 4.15. The van der Waals surface area contributed by atoms with Crippen molar-refractivity contribution in [1.29, 1.82) is 0 Å². The number of benzene rings is 2. The molecule has 1 aliphatic rings. The highest BCUT2D eigenvalue weighted by Crippen LogP contribution is 2.30. The van der Waals surface area contributed by atoms with Crippen LogP contribution in [0.1, 0.15) is 38.2 Å². The van der Waals surface area contributed by atoms with Gasteiger partial charge in [0, 0.05) is 18.4 Å². The van der Waals surface area contributed by atoms with Gasteiger partial charge < -0.3 is 10.1 Å². The predicted molar refractivity (Wildman–Crippen MR) is 135 cm³/mol. The third kappa shape index (κ3) is 7.13. The van der Waals surface area contributed by atoms with Crippen molar-refractivity contribution in [2.45, 2.75) is 56.0 Å². The molecule has 1 aromatic heterocycles. The van der Waals surface area contributed by atoms with Crippen LogP contribution in [0.5, 0.6) is 11.5 Å². The number of ether oxygens (including phenoxy) is 1. The largest absolute Gasteiger partial charge is 0.457 e. The molecular formula is C27H31N3O4S. The lowest BCUT2D eigenvalue weighted by Crippen LogP contribution is -2.50. The second-order valence-corrected chi connectivity index (χ2v) is 10.8. The van der Waals surface area contributed by atoms with E-state index in [2.05, 4.69) is 15.0 Å². The van der Waals surface area contributed by atoms with Gasteiger partial charge in [0.15, 0.2) is 0 Å². The summed E-state index contributed by atoms with van der Waals surface area (Å²) in [7, 11) is -3.94. The molecule has 1 amide bonds. The number of sulfonamides is 1. The van der Waals surface area contributed by atoms with Crippen molar-refractivity contribution in [1.82, 2.24) is 15.0 Å². The molecule has 0 unspecified atom stereocenters. The van der Waals surface area contributed by atoms with Crippen LogP contribution in [0.3, 0.4) is 0 Å². The normalized spacial score (nSPS) is 15.6. The summed E-state index contributed by atoms with van der Waals surface area (Å²) in [6.07, 6.45) is 8.03. The fourth-order valence-corrected chi connectivity index (χ4v) is 5.35. The Morgan fingerprint density at radius 3 is 2.29 bits per heavy atom. The number of carbonyl (C=O) groups is 1. The summed E-state index contributed by atoms with van der Waals surface area (Å²) >= 11 is 0. The molecule has 1 heterocycles. The van der Waals surface area contributed by atoms with Crippen LogP contribution in [0.4, 0.5) is 0 Å². The number of aromatic nitrogens is 1. The smallest absolute Gasteiger partial charge is 0.241 e. The lowest BCUT2D eigenvalue weighted by atomic mass is 9.81. The summed E-state index contributed by atoms with van der Waals surface area (Å²) in [5, 5.41) is 3.02. The van der Waals surface area contributed by atoms with Gasteiger partial charge in [-0.25, -0.2) is 8.42 Å². The topological polar surface area (TPSA) is 97.4 Å². The van der Waals surface area contributed by atoms with Crippen LogP contribution in [0, 0.1) is 5.92 Å². The molecule has 3 aromatic rings. The Morgan fingerprint density at radius 2 is 1.66 bits per heavy atom. The lowest BCUT2D eigenvalue weighted by molar-refractivity contribution is -0.123. The first-order valence-electron chi connectivity index (χ1n) is 11.9. The molecule has 2 aromatic carbocycles. The molecule has 7 nitrogen and oxygen atoms in total. The number of hydrogen-bond acceptors (Lipinski definition) is 5. The van der Waals surface area contributed by atoms with Crippen molar-refractivity contribution >= 4 is 15.9 Å². The number of nitrogens with one attached hydrogen (secondary N) is 2. The van der Waals surface area contributed by atoms with Gasteiger partial charge in [-0.3, -0.25) is 9.78 Å². The molecule has 2 atom stereocenters. The Balaban J connectivity index is 1.46. The fraction of sp³-hybridized carbons (Fsp3) is 0.333. The highest BCUT2D eigenvalue weighted by atomic mass is 32.2. The van der Waals surface area contributed by atoms with Crippen LogP contribution in [0.2, 0.25) is 0 Å². The SMILES string of the molecule is C[C@H](CC1CCC1)NC(=O)[C@H](Cc1ccccc1)NS(=O)(=O)c1ccc(Oc2ccncc2)cc1. The van der Waals surface area contributed by atoms with Crippen molar-refractivity contribution < 1.29 is 17.9 Å². The monoisotopic (exact) mass is 493 g/mol. The quantitative estimate of drug-likeness (QED) is 0.411. The molecule has 1 saturated carbocycles. The minimum atomic E-state index is -3.94. The zero-order valence-corrected chi connectivity index (χ0v) is 20.6. The summed E-state index contributed by atoms with van der Waals surface area (Å²) < 4.78 is 34.7. The van der Waals surface area contributed by atoms with E-state index in [-0.39, 0.29) is 23.3 Å². The zero-order valence-electron chi connectivity index (χ0n) is 19.8. The van der Waals surface area contributed by atoms with E-state index in [4.69, 9.17) is 4.74 Å². The highest BCUT2D eigenvalue weighted by Gasteiger charge is 2.28. The Hall–Kier alpha value is -3.23. The summed E-state index contributed by atoms with van der Waals surface area (Å²) in [6, 6.07) is 18.0. The molecular weight excluding hydrogens is 462 g/mol. The predicted octanol–water partition coefficient (Wildman–Crippen LogP) is 4.46. The first kappa shape index (κ1) is 24.9. The zero-order chi connectivity index (χ0) is 24.7. The van der Waals surface area contributed by atoms with Crippen LogP contribution in [0.25, 0.3) is 0 Å². The molecule has 35 heavy (non-hydrogen) atoms. The number of carbonyl (C=O) groups excluding carboxylic acids is 1. The van der Waals surface area contributed by atoms with Gasteiger partial charge in [0.05, 0.1) is 4.90 Å². The van der Waals surface area contributed by atoms with Crippen molar-refractivity contribution in [3.63, 3.8) is 0 Å². The van der Waals surface area contributed by atoms with Gasteiger partial charge in [0.25, 0.3) is 0 Å². The van der Waals surface area contributed by atoms with Gasteiger partial charge in [-0.1, -0.05) is 49.6 Å². The summed E-state index contributed by atoms with van der Waals surface area (Å²) in [5.74, 6) is 1.42. The molecule has 0 aliphatic heterocycles. The van der Waals surface area contributed by atoms with E-state index in [0.717, 1.165) is 12.0 Å². The molecule has 0 radical (unpaired) electrons. The van der Waals surface area contributed by atoms with Crippen molar-refractivity contribution in [2.24, 2.45) is 5.92 Å². The summed E-state index contributed by atoms with van der Waals surface area (Å²) in [6.45, 7) is 1.98. The molecule has 1 aliphatic carbocycles. The van der Waals surface area contributed by atoms with E-state index < -0.39 is 16.1 Å². The second kappa shape index (κ2) is 11.5. The number of hydrogen-bond donors (Lipinski definition) is 2. The van der Waals surface area contributed by atoms with E-state index in [0.29, 0.717) is 17.4 Å². The summed E-state index contributed by atoms with van der Waals surface area (Å²) in [5.41, 5.74) is 0.878. The minimum Gasteiger partial charge on any atom is -0.457 e. The van der Waals surface area contributed by atoms with Crippen molar-refractivity contribution in [3.05, 3.63) is 84.7 Å².